The summed E-state index contributed by atoms with van der Waals surface area (Å²) >= 11 is 0. The molecule has 0 aliphatic carbocycles. The van der Waals surface area contributed by atoms with Crippen LogP contribution in [0, 0.1) is 5.92 Å². The highest BCUT2D eigenvalue weighted by molar-refractivity contribution is 5.79. The molecule has 2 N–H and O–H groups in total. The van der Waals surface area contributed by atoms with Crippen molar-refractivity contribution in [2.45, 2.75) is 31.9 Å². The molecule has 0 aromatic carbocycles. The highest BCUT2D eigenvalue weighted by Crippen LogP contribution is 2.20. The maximum Gasteiger partial charge on any atom is 0.331 e. The summed E-state index contributed by atoms with van der Waals surface area (Å²) < 4.78 is 10.1. The molecule has 0 aromatic heterocycles. The van der Waals surface area contributed by atoms with Gasteiger partial charge in [-0.25, -0.2) is 4.79 Å². The Labute approximate surface area is 100 Å². The zero-order valence-electron chi connectivity index (χ0n) is 9.93. The lowest BCUT2D eigenvalue weighted by Gasteiger charge is -2.30. The Morgan fingerprint density at radius 1 is 1.71 bits per heavy atom. The fraction of sp³-hybridized carbons (Fsp3) is 0.818. The maximum atomic E-state index is 11.6. The molecule has 3 atom stereocenters. The van der Waals surface area contributed by atoms with Gasteiger partial charge in [-0.05, 0) is 19.8 Å². The molecule has 6 heteroatoms. The van der Waals surface area contributed by atoms with Gasteiger partial charge in [-0.15, -0.1) is 0 Å². The van der Waals surface area contributed by atoms with E-state index in [0.29, 0.717) is 19.6 Å². The van der Waals surface area contributed by atoms with Gasteiger partial charge in [-0.1, -0.05) is 0 Å². The number of hydrogen-bond acceptors (Lipinski definition) is 5. The van der Waals surface area contributed by atoms with Crippen LogP contribution in [-0.4, -0.2) is 49.5 Å². The molecular formula is C11H19NO5. The van der Waals surface area contributed by atoms with E-state index in [0.717, 1.165) is 12.8 Å². The van der Waals surface area contributed by atoms with Gasteiger partial charge in [-0.3, -0.25) is 4.79 Å². The average Bonchev–Trinajstić information content (AvgIpc) is 2.36. The van der Waals surface area contributed by atoms with Crippen molar-refractivity contribution in [2.24, 2.45) is 5.92 Å². The number of hydrogen-bond donors (Lipinski definition) is 2. The summed E-state index contributed by atoms with van der Waals surface area (Å²) in [4.78, 5) is 22.0. The SMILES string of the molecule is CCOC(=O)C(NC=O)C(O)C1CCCOC1. The van der Waals surface area contributed by atoms with Crippen molar-refractivity contribution in [1.29, 1.82) is 0 Å². The summed E-state index contributed by atoms with van der Waals surface area (Å²) in [6, 6.07) is -1.01. The lowest BCUT2D eigenvalue weighted by molar-refractivity contribution is -0.152. The first-order valence-electron chi connectivity index (χ1n) is 5.82. The van der Waals surface area contributed by atoms with Crippen molar-refractivity contribution in [3.63, 3.8) is 0 Å². The van der Waals surface area contributed by atoms with Crippen molar-refractivity contribution in [2.75, 3.05) is 19.8 Å². The number of aliphatic hydroxyl groups is 1. The van der Waals surface area contributed by atoms with Crippen LogP contribution >= 0.6 is 0 Å². The van der Waals surface area contributed by atoms with Crippen molar-refractivity contribution in [1.82, 2.24) is 5.32 Å². The zero-order valence-corrected chi connectivity index (χ0v) is 9.93. The van der Waals surface area contributed by atoms with Crippen LogP contribution in [0.15, 0.2) is 0 Å². The molecule has 3 unspecified atom stereocenters. The second kappa shape index (κ2) is 7.24. The van der Waals surface area contributed by atoms with Gasteiger partial charge in [0.1, 0.15) is 0 Å². The lowest BCUT2D eigenvalue weighted by Crippen LogP contribution is -2.51. The summed E-state index contributed by atoms with van der Waals surface area (Å²) in [7, 11) is 0. The first-order chi connectivity index (χ1) is 8.20. The van der Waals surface area contributed by atoms with Gasteiger partial charge in [0, 0.05) is 12.5 Å². The number of esters is 1. The minimum absolute atomic E-state index is 0.148. The average molecular weight is 245 g/mol. The van der Waals surface area contributed by atoms with Crippen LogP contribution in [0.1, 0.15) is 19.8 Å². The normalized spacial score (nSPS) is 23.5. The topological polar surface area (TPSA) is 84.9 Å². The van der Waals surface area contributed by atoms with E-state index in [4.69, 9.17) is 9.47 Å². The van der Waals surface area contributed by atoms with Crippen LogP contribution in [0.4, 0.5) is 0 Å². The molecule has 1 rings (SSSR count). The predicted octanol–water partition coefficient (Wildman–Crippen LogP) is -0.548. The number of nitrogens with one attached hydrogen (secondary N) is 1. The van der Waals surface area contributed by atoms with E-state index in [1.807, 2.05) is 0 Å². The third-order valence-corrected chi connectivity index (χ3v) is 2.81. The van der Waals surface area contributed by atoms with E-state index in [-0.39, 0.29) is 12.5 Å². The van der Waals surface area contributed by atoms with Crippen LogP contribution in [0.3, 0.4) is 0 Å². The minimum Gasteiger partial charge on any atom is -0.464 e. The Balaban J connectivity index is 2.60. The van der Waals surface area contributed by atoms with Crippen molar-refractivity contribution < 1.29 is 24.2 Å². The van der Waals surface area contributed by atoms with Gasteiger partial charge in [0.05, 0.1) is 19.3 Å². The largest absolute Gasteiger partial charge is 0.464 e. The summed E-state index contributed by atoms with van der Waals surface area (Å²) in [5, 5.41) is 12.4. The van der Waals surface area contributed by atoms with Crippen LogP contribution < -0.4 is 5.32 Å². The summed E-state index contributed by atoms with van der Waals surface area (Å²) in [5.41, 5.74) is 0. The molecular weight excluding hydrogens is 226 g/mol. The Morgan fingerprint density at radius 3 is 3.00 bits per heavy atom. The number of ether oxygens (including phenoxy) is 2. The van der Waals surface area contributed by atoms with E-state index in [9.17, 15) is 14.7 Å². The molecule has 1 heterocycles. The maximum absolute atomic E-state index is 11.6. The Kier molecular flexibility index (Phi) is 5.93. The first-order valence-corrected chi connectivity index (χ1v) is 5.82. The first kappa shape index (κ1) is 13.9. The smallest absolute Gasteiger partial charge is 0.331 e. The summed E-state index contributed by atoms with van der Waals surface area (Å²) in [6.07, 6.45) is 1.05. The van der Waals surface area contributed by atoms with E-state index < -0.39 is 18.1 Å². The standard InChI is InChI=1S/C11H19NO5/c1-2-17-11(15)9(12-7-13)10(14)8-4-3-5-16-6-8/h7-10,14H,2-6H2,1H3,(H,12,13). The summed E-state index contributed by atoms with van der Waals surface area (Å²) in [6.45, 7) is 2.96. The van der Waals surface area contributed by atoms with Gasteiger partial charge in [0.15, 0.2) is 6.04 Å². The third kappa shape index (κ3) is 3.98. The molecule has 0 bridgehead atoms. The number of amides is 1. The summed E-state index contributed by atoms with van der Waals surface area (Å²) in [5.74, 6) is -0.761. The van der Waals surface area contributed by atoms with Crippen molar-refractivity contribution in [3.8, 4) is 0 Å². The van der Waals surface area contributed by atoms with Crippen LogP contribution in [-0.2, 0) is 19.1 Å². The van der Waals surface area contributed by atoms with Crippen LogP contribution in [0.2, 0.25) is 0 Å². The molecule has 0 aromatic rings. The molecule has 1 aliphatic rings. The van der Waals surface area contributed by atoms with E-state index in [2.05, 4.69) is 5.32 Å². The Bertz CT molecular complexity index is 252. The molecule has 1 aliphatic heterocycles. The molecule has 17 heavy (non-hydrogen) atoms. The van der Waals surface area contributed by atoms with Crippen molar-refractivity contribution >= 4 is 12.4 Å². The van der Waals surface area contributed by atoms with Crippen molar-refractivity contribution in [3.05, 3.63) is 0 Å². The zero-order chi connectivity index (χ0) is 12.7. The lowest BCUT2D eigenvalue weighted by atomic mass is 9.91. The molecule has 0 radical (unpaired) electrons. The molecule has 1 amide bonds. The highest BCUT2D eigenvalue weighted by atomic mass is 16.5. The quantitative estimate of drug-likeness (QED) is 0.484. The molecule has 0 spiro atoms. The minimum atomic E-state index is -1.01. The molecule has 1 saturated heterocycles. The Morgan fingerprint density at radius 2 is 2.47 bits per heavy atom. The highest BCUT2D eigenvalue weighted by Gasteiger charge is 2.34. The van der Waals surface area contributed by atoms with Gasteiger partial charge >= 0.3 is 5.97 Å². The van der Waals surface area contributed by atoms with E-state index >= 15 is 0 Å². The van der Waals surface area contributed by atoms with Gasteiger partial charge in [0.25, 0.3) is 0 Å². The molecule has 98 valence electrons. The van der Waals surface area contributed by atoms with Gasteiger partial charge < -0.3 is 19.9 Å². The molecule has 0 saturated carbocycles. The number of carbonyl (C=O) groups is 2. The van der Waals surface area contributed by atoms with Gasteiger partial charge in [0.2, 0.25) is 6.41 Å². The second-order valence-electron chi connectivity index (χ2n) is 3.98. The monoisotopic (exact) mass is 245 g/mol. The number of carbonyl (C=O) groups excluding carboxylic acids is 2. The van der Waals surface area contributed by atoms with Crippen LogP contribution in [0.5, 0.6) is 0 Å². The fourth-order valence-corrected chi connectivity index (χ4v) is 1.92. The molecule has 6 nitrogen and oxygen atoms in total. The fourth-order valence-electron chi connectivity index (χ4n) is 1.92. The van der Waals surface area contributed by atoms with Gasteiger partial charge in [-0.2, -0.15) is 0 Å². The van der Waals surface area contributed by atoms with E-state index in [1.54, 1.807) is 6.92 Å². The second-order valence-corrected chi connectivity index (χ2v) is 3.98. The molecule has 1 fully saturated rings. The van der Waals surface area contributed by atoms with E-state index in [1.165, 1.54) is 0 Å². The predicted molar refractivity (Wildman–Crippen MR) is 59.2 cm³/mol. The number of rotatable bonds is 6. The Hall–Kier alpha value is -1.14. The number of aliphatic hydroxyl groups excluding tert-OH is 1. The third-order valence-electron chi connectivity index (χ3n) is 2.81. The van der Waals surface area contributed by atoms with Crippen LogP contribution in [0.25, 0.3) is 0 Å².